The van der Waals surface area contributed by atoms with Gasteiger partial charge in [-0.05, 0) is 107 Å². The third-order valence-corrected chi connectivity index (χ3v) is 12.5. The van der Waals surface area contributed by atoms with Gasteiger partial charge in [0.25, 0.3) is 0 Å². The molecule has 0 unspecified atom stereocenters. The average molecular weight is 748 g/mol. The van der Waals surface area contributed by atoms with Crippen LogP contribution in [0.3, 0.4) is 0 Å². The van der Waals surface area contributed by atoms with Gasteiger partial charge in [-0.2, -0.15) is 0 Å². The molecule has 0 saturated heterocycles. The Labute approximate surface area is 339 Å². The van der Waals surface area contributed by atoms with Crippen molar-refractivity contribution in [1.82, 2.24) is 14.5 Å². The number of hydrogen-bond acceptors (Lipinski definition) is 2. The fraction of sp³-hybridized carbons (Fsp3) is 0. The van der Waals surface area contributed by atoms with Gasteiger partial charge in [-0.15, -0.1) is 0 Å². The normalized spacial score (nSPS) is 12.1. The van der Waals surface area contributed by atoms with E-state index >= 15 is 0 Å². The number of nitrogens with zero attached hydrogens (tertiary/aromatic N) is 3. The van der Waals surface area contributed by atoms with Crippen LogP contribution in [-0.4, -0.2) is 14.5 Å². The molecule has 2 heterocycles. The maximum Gasteiger partial charge on any atom is 0.160 e. The Bertz CT molecular complexity index is 3780. The molecule has 0 atom stereocenters. The molecule has 0 aliphatic carbocycles. The second-order valence-electron chi connectivity index (χ2n) is 15.7. The van der Waals surface area contributed by atoms with Crippen LogP contribution in [0.1, 0.15) is 0 Å². The van der Waals surface area contributed by atoms with E-state index in [0.29, 0.717) is 5.82 Å². The standard InChI is InChI=1S/C56H33N3/c1-2-12-37(13-3-1)56-57-48(38-17-8-18-41(31-38)59-50-24-6-4-19-42(50)43-20-5-7-25-51(43)59)33-49(58-56)40-30-39-29-28-36-15-10-22-45-44-21-9-14-34-26-27-35-16-11-23-46(54(35)52(34)44)47(32-40)55(39)53(36)45/h1-33H. The molecule has 0 fully saturated rings. The summed E-state index contributed by atoms with van der Waals surface area (Å²) < 4.78 is 2.37. The van der Waals surface area contributed by atoms with E-state index in [-0.39, 0.29) is 0 Å². The van der Waals surface area contributed by atoms with E-state index in [0.717, 1.165) is 33.8 Å². The van der Waals surface area contributed by atoms with Crippen LogP contribution in [0, 0.1) is 0 Å². The van der Waals surface area contributed by atoms with Gasteiger partial charge in [-0.1, -0.05) is 158 Å². The molecular weight excluding hydrogens is 715 g/mol. The van der Waals surface area contributed by atoms with E-state index in [1.165, 1.54) is 86.4 Å². The maximum absolute atomic E-state index is 5.36. The molecule has 0 saturated carbocycles. The van der Waals surface area contributed by atoms with Crippen LogP contribution in [0.15, 0.2) is 200 Å². The van der Waals surface area contributed by atoms with Crippen LogP contribution in [0.4, 0.5) is 0 Å². The molecule has 0 aliphatic rings. The van der Waals surface area contributed by atoms with E-state index in [9.17, 15) is 0 Å². The zero-order chi connectivity index (χ0) is 38.6. The first kappa shape index (κ1) is 32.2. The molecule has 0 spiro atoms. The fourth-order valence-electron chi connectivity index (χ4n) is 9.90. The van der Waals surface area contributed by atoms with Crippen molar-refractivity contribution < 1.29 is 0 Å². The highest BCUT2D eigenvalue weighted by molar-refractivity contribution is 6.37. The number of rotatable bonds is 4. The van der Waals surface area contributed by atoms with Gasteiger partial charge in [0.2, 0.25) is 0 Å². The van der Waals surface area contributed by atoms with Crippen LogP contribution < -0.4 is 0 Å². The van der Waals surface area contributed by atoms with Gasteiger partial charge in [-0.25, -0.2) is 9.97 Å². The molecule has 59 heavy (non-hydrogen) atoms. The summed E-state index contributed by atoms with van der Waals surface area (Å²) in [6.45, 7) is 0. The van der Waals surface area contributed by atoms with Gasteiger partial charge in [0.05, 0.1) is 22.4 Å². The molecular formula is C56H33N3. The van der Waals surface area contributed by atoms with Crippen molar-refractivity contribution in [2.24, 2.45) is 0 Å². The highest BCUT2D eigenvalue weighted by atomic mass is 15.0. The summed E-state index contributed by atoms with van der Waals surface area (Å²) in [4.78, 5) is 10.7. The van der Waals surface area contributed by atoms with Gasteiger partial charge in [0.15, 0.2) is 5.82 Å². The lowest BCUT2D eigenvalue weighted by molar-refractivity contribution is 1.16. The fourth-order valence-corrected chi connectivity index (χ4v) is 9.90. The van der Waals surface area contributed by atoms with Crippen molar-refractivity contribution in [2.75, 3.05) is 0 Å². The molecule has 0 N–H and O–H groups in total. The number of aromatic nitrogens is 3. The molecule has 0 radical (unpaired) electrons. The Morgan fingerprint density at radius 3 is 1.39 bits per heavy atom. The Morgan fingerprint density at radius 2 is 0.763 bits per heavy atom. The predicted molar refractivity (Wildman–Crippen MR) is 249 cm³/mol. The molecule has 272 valence electrons. The predicted octanol–water partition coefficient (Wildman–Crippen LogP) is 14.9. The van der Waals surface area contributed by atoms with Crippen molar-refractivity contribution in [3.63, 3.8) is 0 Å². The van der Waals surface area contributed by atoms with Crippen molar-refractivity contribution in [3.8, 4) is 39.6 Å². The van der Waals surface area contributed by atoms with Crippen LogP contribution in [0.25, 0.3) is 126 Å². The summed E-state index contributed by atoms with van der Waals surface area (Å²) in [6.07, 6.45) is 0. The lowest BCUT2D eigenvalue weighted by Crippen LogP contribution is -1.98. The van der Waals surface area contributed by atoms with Crippen molar-refractivity contribution in [2.45, 2.75) is 0 Å². The van der Waals surface area contributed by atoms with Crippen LogP contribution in [-0.2, 0) is 0 Å². The van der Waals surface area contributed by atoms with E-state index < -0.39 is 0 Å². The number of para-hydroxylation sites is 2. The Balaban J connectivity index is 1.10. The van der Waals surface area contributed by atoms with Gasteiger partial charge < -0.3 is 4.57 Å². The first-order valence-electron chi connectivity index (χ1n) is 20.2. The largest absolute Gasteiger partial charge is 0.309 e. The minimum atomic E-state index is 0.699. The van der Waals surface area contributed by atoms with Crippen LogP contribution >= 0.6 is 0 Å². The number of fused-ring (bicyclic) bond motifs is 5. The molecule has 2 aromatic heterocycles. The average Bonchev–Trinajstić information content (AvgIpc) is 3.64. The molecule has 11 aromatic carbocycles. The molecule has 0 bridgehead atoms. The van der Waals surface area contributed by atoms with E-state index in [1.54, 1.807) is 0 Å². The Kier molecular flexibility index (Phi) is 6.72. The van der Waals surface area contributed by atoms with Gasteiger partial charge >= 0.3 is 0 Å². The van der Waals surface area contributed by atoms with Crippen molar-refractivity contribution in [1.29, 1.82) is 0 Å². The van der Waals surface area contributed by atoms with Crippen molar-refractivity contribution >= 4 is 86.4 Å². The monoisotopic (exact) mass is 747 g/mol. The van der Waals surface area contributed by atoms with Crippen LogP contribution in [0.2, 0.25) is 0 Å². The summed E-state index contributed by atoms with van der Waals surface area (Å²) in [5.41, 5.74) is 8.28. The zero-order valence-electron chi connectivity index (χ0n) is 31.9. The lowest BCUT2D eigenvalue weighted by atomic mass is 9.87. The first-order valence-corrected chi connectivity index (χ1v) is 20.2. The zero-order valence-corrected chi connectivity index (χ0v) is 31.9. The highest BCUT2D eigenvalue weighted by Crippen LogP contribution is 2.45. The highest BCUT2D eigenvalue weighted by Gasteiger charge is 2.19. The summed E-state index contributed by atoms with van der Waals surface area (Å²) in [5.74, 6) is 0.699. The summed E-state index contributed by atoms with van der Waals surface area (Å²) >= 11 is 0. The molecule has 13 rings (SSSR count). The van der Waals surface area contributed by atoms with Gasteiger partial charge in [0, 0.05) is 33.2 Å². The Morgan fingerprint density at radius 1 is 0.288 bits per heavy atom. The smallest absolute Gasteiger partial charge is 0.160 e. The SMILES string of the molecule is c1ccc(-c2nc(-c3cccc(-n4c5ccccc5c5ccccc54)c3)cc(-c3cc4ccc5cccc6c7cccc8ccc9cccc(c(c3)c4c56)c9c87)n2)cc1. The topological polar surface area (TPSA) is 30.7 Å². The van der Waals surface area contributed by atoms with E-state index in [4.69, 9.17) is 9.97 Å². The van der Waals surface area contributed by atoms with Crippen LogP contribution in [0.5, 0.6) is 0 Å². The van der Waals surface area contributed by atoms with E-state index in [1.807, 2.05) is 6.07 Å². The molecule has 3 nitrogen and oxygen atoms in total. The summed E-state index contributed by atoms with van der Waals surface area (Å²) in [6, 6.07) is 72.7. The van der Waals surface area contributed by atoms with Gasteiger partial charge in [-0.3, -0.25) is 0 Å². The van der Waals surface area contributed by atoms with Crippen molar-refractivity contribution in [3.05, 3.63) is 200 Å². The minimum Gasteiger partial charge on any atom is -0.309 e. The summed E-state index contributed by atoms with van der Waals surface area (Å²) in [5, 5.41) is 17.6. The number of hydrogen-bond donors (Lipinski definition) is 0. The third kappa shape index (κ3) is 4.76. The quantitative estimate of drug-likeness (QED) is 0.168. The first-order chi connectivity index (χ1) is 29.2. The van der Waals surface area contributed by atoms with E-state index in [2.05, 4.69) is 199 Å². The minimum absolute atomic E-state index is 0.699. The molecule has 3 heteroatoms. The maximum atomic E-state index is 5.36. The second kappa shape index (κ2) is 12.3. The van der Waals surface area contributed by atoms with Gasteiger partial charge in [0.1, 0.15) is 0 Å². The third-order valence-electron chi connectivity index (χ3n) is 12.5. The summed E-state index contributed by atoms with van der Waals surface area (Å²) in [7, 11) is 0. The molecule has 13 aromatic rings. The Hall–Kier alpha value is -7.88. The lowest BCUT2D eigenvalue weighted by Gasteiger charge is -2.17. The molecule has 0 aliphatic heterocycles. The molecule has 0 amide bonds. The second-order valence-corrected chi connectivity index (χ2v) is 15.7. The number of benzene rings is 10.